The molecule has 116 valence electrons. The number of carbonyl (C=O) groups excluding carboxylic acids is 1. The van der Waals surface area contributed by atoms with Crippen molar-refractivity contribution in [2.75, 3.05) is 19.7 Å². The summed E-state index contributed by atoms with van der Waals surface area (Å²) in [6.07, 6.45) is 2.32. The molecule has 1 aromatic heterocycles. The zero-order valence-corrected chi connectivity index (χ0v) is 12.7. The second-order valence-corrected chi connectivity index (χ2v) is 5.73. The number of oxazole rings is 1. The van der Waals surface area contributed by atoms with Crippen LogP contribution in [0.1, 0.15) is 28.2 Å². The van der Waals surface area contributed by atoms with Gasteiger partial charge in [0.25, 0.3) is 0 Å². The number of hydrogen-bond acceptors (Lipinski definition) is 5. The van der Waals surface area contributed by atoms with E-state index in [9.17, 15) is 4.79 Å². The van der Waals surface area contributed by atoms with Crippen molar-refractivity contribution in [3.05, 3.63) is 53.7 Å². The molecular formula is C17H20N2O3. The molecule has 1 atom stereocenters. The van der Waals surface area contributed by atoms with E-state index in [0.717, 1.165) is 26.1 Å². The highest BCUT2D eigenvalue weighted by molar-refractivity contribution is 5.88. The summed E-state index contributed by atoms with van der Waals surface area (Å²) in [4.78, 5) is 18.2. The molecular weight excluding hydrogens is 280 g/mol. The highest BCUT2D eigenvalue weighted by Gasteiger charge is 2.24. The number of aromatic nitrogens is 1. The molecule has 5 nitrogen and oxygen atoms in total. The van der Waals surface area contributed by atoms with Crippen LogP contribution < -0.4 is 0 Å². The van der Waals surface area contributed by atoms with Gasteiger partial charge in [-0.25, -0.2) is 9.78 Å². The molecule has 0 bridgehead atoms. The Balaban J connectivity index is 1.45. The molecule has 5 heteroatoms. The Morgan fingerprint density at radius 3 is 2.95 bits per heavy atom. The van der Waals surface area contributed by atoms with Crippen LogP contribution in [0.5, 0.6) is 0 Å². The lowest BCUT2D eigenvalue weighted by atomic mass is 10.1. The Bertz CT molecular complexity index is 624. The molecule has 1 fully saturated rings. The van der Waals surface area contributed by atoms with E-state index in [4.69, 9.17) is 9.15 Å². The Labute approximate surface area is 129 Å². The van der Waals surface area contributed by atoms with E-state index >= 15 is 0 Å². The SMILES string of the molecule is Cc1ocnc1C(=O)OCC1CCN(Cc2ccccc2)C1. The third kappa shape index (κ3) is 3.54. The van der Waals surface area contributed by atoms with Crippen molar-refractivity contribution in [2.45, 2.75) is 19.9 Å². The summed E-state index contributed by atoms with van der Waals surface area (Å²) in [5, 5.41) is 0. The van der Waals surface area contributed by atoms with Crippen molar-refractivity contribution in [2.24, 2.45) is 5.92 Å². The van der Waals surface area contributed by atoms with E-state index in [-0.39, 0.29) is 5.69 Å². The number of ether oxygens (including phenoxy) is 1. The lowest BCUT2D eigenvalue weighted by molar-refractivity contribution is 0.0435. The summed E-state index contributed by atoms with van der Waals surface area (Å²) in [6, 6.07) is 10.4. The molecule has 0 saturated carbocycles. The summed E-state index contributed by atoms with van der Waals surface area (Å²) < 4.78 is 10.4. The van der Waals surface area contributed by atoms with Gasteiger partial charge in [0.2, 0.25) is 0 Å². The maximum absolute atomic E-state index is 11.9. The van der Waals surface area contributed by atoms with Gasteiger partial charge in [-0.2, -0.15) is 0 Å². The molecule has 0 amide bonds. The predicted molar refractivity (Wildman–Crippen MR) is 81.3 cm³/mol. The normalized spacial score (nSPS) is 18.5. The van der Waals surface area contributed by atoms with Gasteiger partial charge in [-0.1, -0.05) is 30.3 Å². The molecule has 3 rings (SSSR count). The smallest absolute Gasteiger partial charge is 0.360 e. The number of likely N-dealkylation sites (tertiary alicyclic amines) is 1. The first-order valence-electron chi connectivity index (χ1n) is 7.56. The van der Waals surface area contributed by atoms with E-state index in [2.05, 4.69) is 34.1 Å². The molecule has 0 spiro atoms. The second kappa shape index (κ2) is 6.75. The van der Waals surface area contributed by atoms with Crippen molar-refractivity contribution in [3.63, 3.8) is 0 Å². The van der Waals surface area contributed by atoms with Gasteiger partial charge in [-0.3, -0.25) is 4.90 Å². The average molecular weight is 300 g/mol. The van der Waals surface area contributed by atoms with Gasteiger partial charge in [0.05, 0.1) is 6.61 Å². The number of nitrogens with zero attached hydrogens (tertiary/aromatic N) is 2. The van der Waals surface area contributed by atoms with Crippen LogP contribution in [0.4, 0.5) is 0 Å². The average Bonchev–Trinajstić information content (AvgIpc) is 3.15. The van der Waals surface area contributed by atoms with Crippen LogP contribution in [0.15, 0.2) is 41.1 Å². The Morgan fingerprint density at radius 2 is 2.23 bits per heavy atom. The molecule has 2 heterocycles. The largest absolute Gasteiger partial charge is 0.461 e. The molecule has 1 aromatic carbocycles. The lowest BCUT2D eigenvalue weighted by Crippen LogP contribution is -2.22. The highest BCUT2D eigenvalue weighted by atomic mass is 16.5. The summed E-state index contributed by atoms with van der Waals surface area (Å²) in [5.41, 5.74) is 1.59. The van der Waals surface area contributed by atoms with Crippen LogP contribution in [0, 0.1) is 12.8 Å². The van der Waals surface area contributed by atoms with E-state index < -0.39 is 5.97 Å². The van der Waals surface area contributed by atoms with E-state index in [0.29, 0.717) is 18.3 Å². The molecule has 0 N–H and O–H groups in total. The van der Waals surface area contributed by atoms with Gasteiger partial charge in [0.15, 0.2) is 12.1 Å². The molecule has 0 radical (unpaired) electrons. The van der Waals surface area contributed by atoms with Gasteiger partial charge in [-0.05, 0) is 25.5 Å². The number of aryl methyl sites for hydroxylation is 1. The van der Waals surface area contributed by atoms with Crippen LogP contribution in [-0.2, 0) is 11.3 Å². The van der Waals surface area contributed by atoms with Crippen LogP contribution in [0.3, 0.4) is 0 Å². The standard InChI is InChI=1S/C17H20N2O3/c1-13-16(18-12-22-13)17(20)21-11-15-7-8-19(10-15)9-14-5-3-2-4-6-14/h2-6,12,15H,7-11H2,1H3. The number of esters is 1. The monoisotopic (exact) mass is 300 g/mol. The quantitative estimate of drug-likeness (QED) is 0.795. The van der Waals surface area contributed by atoms with Crippen LogP contribution >= 0.6 is 0 Å². The highest BCUT2D eigenvalue weighted by Crippen LogP contribution is 2.19. The van der Waals surface area contributed by atoms with Gasteiger partial charge in [0.1, 0.15) is 5.76 Å². The van der Waals surface area contributed by atoms with Crippen molar-refractivity contribution >= 4 is 5.97 Å². The van der Waals surface area contributed by atoms with Crippen LogP contribution in [0.25, 0.3) is 0 Å². The first-order valence-corrected chi connectivity index (χ1v) is 7.56. The van der Waals surface area contributed by atoms with Gasteiger partial charge < -0.3 is 9.15 Å². The van der Waals surface area contributed by atoms with Crippen LogP contribution in [0.2, 0.25) is 0 Å². The Hall–Kier alpha value is -2.14. The maximum Gasteiger partial charge on any atom is 0.360 e. The first-order chi connectivity index (χ1) is 10.7. The number of benzene rings is 1. The van der Waals surface area contributed by atoms with Crippen molar-refractivity contribution in [3.8, 4) is 0 Å². The lowest BCUT2D eigenvalue weighted by Gasteiger charge is -2.16. The van der Waals surface area contributed by atoms with Crippen molar-refractivity contribution in [1.29, 1.82) is 0 Å². The number of carbonyl (C=O) groups is 1. The van der Waals surface area contributed by atoms with E-state index in [1.165, 1.54) is 12.0 Å². The molecule has 1 aliphatic heterocycles. The molecule has 1 aliphatic rings. The fraction of sp³-hybridized carbons (Fsp3) is 0.412. The van der Waals surface area contributed by atoms with Gasteiger partial charge >= 0.3 is 5.97 Å². The second-order valence-electron chi connectivity index (χ2n) is 5.73. The molecule has 1 unspecified atom stereocenters. The van der Waals surface area contributed by atoms with Crippen molar-refractivity contribution in [1.82, 2.24) is 9.88 Å². The van der Waals surface area contributed by atoms with Gasteiger partial charge in [-0.15, -0.1) is 0 Å². The third-order valence-corrected chi connectivity index (χ3v) is 4.01. The first kappa shape index (κ1) is 14.8. The summed E-state index contributed by atoms with van der Waals surface area (Å²) in [5.74, 6) is 0.495. The van der Waals surface area contributed by atoms with E-state index in [1.54, 1.807) is 6.92 Å². The minimum atomic E-state index is -0.396. The zero-order valence-electron chi connectivity index (χ0n) is 12.7. The zero-order chi connectivity index (χ0) is 15.4. The van der Waals surface area contributed by atoms with Crippen LogP contribution in [-0.4, -0.2) is 35.5 Å². The predicted octanol–water partition coefficient (Wildman–Crippen LogP) is 2.66. The summed E-state index contributed by atoms with van der Waals surface area (Å²) >= 11 is 0. The topological polar surface area (TPSA) is 55.6 Å². The Morgan fingerprint density at radius 1 is 1.41 bits per heavy atom. The minimum absolute atomic E-state index is 0.277. The third-order valence-electron chi connectivity index (χ3n) is 4.01. The fourth-order valence-corrected chi connectivity index (χ4v) is 2.80. The van der Waals surface area contributed by atoms with Gasteiger partial charge in [0, 0.05) is 19.0 Å². The number of hydrogen-bond donors (Lipinski definition) is 0. The number of rotatable bonds is 5. The van der Waals surface area contributed by atoms with Crippen molar-refractivity contribution < 1.29 is 13.9 Å². The minimum Gasteiger partial charge on any atom is -0.461 e. The molecule has 2 aromatic rings. The molecule has 22 heavy (non-hydrogen) atoms. The maximum atomic E-state index is 11.9. The molecule has 1 saturated heterocycles. The Kier molecular flexibility index (Phi) is 4.53. The summed E-state index contributed by atoms with van der Waals surface area (Å²) in [6.45, 7) is 5.10. The van der Waals surface area contributed by atoms with E-state index in [1.807, 2.05) is 6.07 Å². The summed E-state index contributed by atoms with van der Waals surface area (Å²) in [7, 11) is 0. The fourth-order valence-electron chi connectivity index (χ4n) is 2.80. The molecule has 0 aliphatic carbocycles.